The molecule has 0 aliphatic carbocycles. The Hall–Kier alpha value is -0.940. The van der Waals surface area contributed by atoms with Gasteiger partial charge in [0.05, 0.1) is 12.6 Å². The summed E-state index contributed by atoms with van der Waals surface area (Å²) in [5.41, 5.74) is 0. The molecule has 108 valence electrons. The molecule has 0 saturated carbocycles. The topological polar surface area (TPSA) is 62.4 Å². The van der Waals surface area contributed by atoms with Gasteiger partial charge in [0.2, 0.25) is 5.89 Å². The number of aromatic nitrogens is 2. The fraction of sp³-hybridized carbons (Fsp3) is 0.857. The highest BCUT2D eigenvalue weighted by atomic mass is 16.5. The van der Waals surface area contributed by atoms with Gasteiger partial charge in [0.25, 0.3) is 0 Å². The van der Waals surface area contributed by atoms with E-state index in [2.05, 4.69) is 15.0 Å². The van der Waals surface area contributed by atoms with Gasteiger partial charge in [0, 0.05) is 12.5 Å². The van der Waals surface area contributed by atoms with Crippen LogP contribution in [0.15, 0.2) is 4.52 Å². The summed E-state index contributed by atoms with van der Waals surface area (Å²) in [5, 5.41) is 13.7. The average molecular weight is 267 g/mol. The zero-order valence-electron chi connectivity index (χ0n) is 12.0. The Morgan fingerprint density at radius 1 is 1.42 bits per heavy atom. The van der Waals surface area contributed by atoms with E-state index in [1.165, 1.54) is 19.3 Å². The quantitative estimate of drug-likeness (QED) is 0.885. The summed E-state index contributed by atoms with van der Waals surface area (Å²) >= 11 is 0. The van der Waals surface area contributed by atoms with Gasteiger partial charge in [-0.1, -0.05) is 24.9 Å². The monoisotopic (exact) mass is 267 g/mol. The predicted octanol–water partition coefficient (Wildman–Crippen LogP) is 2.15. The molecule has 1 fully saturated rings. The van der Waals surface area contributed by atoms with E-state index in [0.717, 1.165) is 38.2 Å². The van der Waals surface area contributed by atoms with Crippen LogP contribution in [0.3, 0.4) is 0 Å². The van der Waals surface area contributed by atoms with Crippen LogP contribution in [0.25, 0.3) is 0 Å². The van der Waals surface area contributed by atoms with Crippen molar-refractivity contribution in [3.05, 3.63) is 11.7 Å². The van der Waals surface area contributed by atoms with Crippen molar-refractivity contribution in [1.82, 2.24) is 15.0 Å². The van der Waals surface area contributed by atoms with Crippen LogP contribution in [-0.4, -0.2) is 38.8 Å². The van der Waals surface area contributed by atoms with Gasteiger partial charge in [0.15, 0.2) is 5.82 Å². The lowest BCUT2D eigenvalue weighted by atomic mass is 10.0. The van der Waals surface area contributed by atoms with Crippen LogP contribution in [0.4, 0.5) is 0 Å². The molecule has 5 nitrogen and oxygen atoms in total. The minimum atomic E-state index is -0.248. The number of aliphatic hydroxyl groups excluding tert-OH is 1. The molecule has 19 heavy (non-hydrogen) atoms. The molecule has 2 unspecified atom stereocenters. The number of likely N-dealkylation sites (tertiary alicyclic amines) is 1. The Labute approximate surface area is 115 Å². The van der Waals surface area contributed by atoms with Crippen LogP contribution >= 0.6 is 0 Å². The number of aliphatic hydroxyl groups is 1. The van der Waals surface area contributed by atoms with Gasteiger partial charge < -0.3 is 9.63 Å². The molecular weight excluding hydrogens is 242 g/mol. The third-order valence-corrected chi connectivity index (χ3v) is 3.77. The summed E-state index contributed by atoms with van der Waals surface area (Å²) in [6.07, 6.45) is 6.27. The maximum Gasteiger partial charge on any atom is 0.226 e. The Bertz CT molecular complexity index is 379. The number of rotatable bonds is 5. The molecular formula is C14H25N3O2. The molecule has 2 heterocycles. The molecule has 1 aromatic heterocycles. The van der Waals surface area contributed by atoms with E-state index in [4.69, 9.17) is 4.52 Å². The first-order valence-electron chi connectivity index (χ1n) is 7.42. The zero-order chi connectivity index (χ0) is 13.7. The van der Waals surface area contributed by atoms with Crippen molar-refractivity contribution >= 4 is 0 Å². The first kappa shape index (κ1) is 14.5. The standard InChI is InChI=1S/C14H25N3O2/c1-3-14-15-13(16-19-14)10-17-8-6-4-5-7-12(17)9-11(2)18/h11-12,18H,3-10H2,1-2H3. The highest BCUT2D eigenvalue weighted by Crippen LogP contribution is 2.22. The Balaban J connectivity index is 2.00. The van der Waals surface area contributed by atoms with Crippen LogP contribution in [0.5, 0.6) is 0 Å². The Morgan fingerprint density at radius 2 is 2.26 bits per heavy atom. The number of hydrogen-bond donors (Lipinski definition) is 1. The highest BCUT2D eigenvalue weighted by molar-refractivity contribution is 4.88. The predicted molar refractivity (Wildman–Crippen MR) is 72.6 cm³/mol. The molecule has 1 saturated heterocycles. The van der Waals surface area contributed by atoms with Crippen molar-refractivity contribution in [2.24, 2.45) is 0 Å². The number of hydrogen-bond acceptors (Lipinski definition) is 5. The van der Waals surface area contributed by atoms with Crippen LogP contribution in [0.1, 0.15) is 57.7 Å². The van der Waals surface area contributed by atoms with Crippen molar-refractivity contribution in [2.75, 3.05) is 6.54 Å². The molecule has 2 atom stereocenters. The van der Waals surface area contributed by atoms with Crippen molar-refractivity contribution in [2.45, 2.75) is 71.1 Å². The van der Waals surface area contributed by atoms with Gasteiger partial charge in [-0.25, -0.2) is 0 Å². The smallest absolute Gasteiger partial charge is 0.226 e. The van der Waals surface area contributed by atoms with Crippen LogP contribution < -0.4 is 0 Å². The molecule has 5 heteroatoms. The minimum Gasteiger partial charge on any atom is -0.393 e. The average Bonchev–Trinajstić information content (AvgIpc) is 2.72. The Morgan fingerprint density at radius 3 is 2.95 bits per heavy atom. The SMILES string of the molecule is CCc1nc(CN2CCCCCC2CC(C)O)no1. The van der Waals surface area contributed by atoms with Crippen molar-refractivity contribution < 1.29 is 9.63 Å². The largest absolute Gasteiger partial charge is 0.393 e. The summed E-state index contributed by atoms with van der Waals surface area (Å²) in [6, 6.07) is 0.436. The normalized spacial score (nSPS) is 23.2. The van der Waals surface area contributed by atoms with E-state index >= 15 is 0 Å². The fourth-order valence-electron chi connectivity index (χ4n) is 2.79. The van der Waals surface area contributed by atoms with Gasteiger partial charge in [-0.2, -0.15) is 4.98 Å². The van der Waals surface area contributed by atoms with E-state index in [0.29, 0.717) is 11.9 Å². The second-order valence-corrected chi connectivity index (χ2v) is 5.52. The van der Waals surface area contributed by atoms with Crippen LogP contribution in [-0.2, 0) is 13.0 Å². The van der Waals surface area contributed by atoms with Crippen molar-refractivity contribution in [1.29, 1.82) is 0 Å². The third-order valence-electron chi connectivity index (χ3n) is 3.77. The summed E-state index contributed by atoms with van der Waals surface area (Å²) < 4.78 is 5.17. The first-order valence-corrected chi connectivity index (χ1v) is 7.42. The van der Waals surface area contributed by atoms with E-state index in [9.17, 15) is 5.11 Å². The van der Waals surface area contributed by atoms with E-state index in [1.54, 1.807) is 0 Å². The van der Waals surface area contributed by atoms with Gasteiger partial charge in [-0.15, -0.1) is 0 Å². The molecule has 1 aliphatic rings. The summed E-state index contributed by atoms with van der Waals surface area (Å²) in [5.74, 6) is 1.48. The van der Waals surface area contributed by atoms with Crippen LogP contribution in [0, 0.1) is 0 Å². The molecule has 0 amide bonds. The molecule has 2 rings (SSSR count). The van der Waals surface area contributed by atoms with Crippen LogP contribution in [0.2, 0.25) is 0 Å². The molecule has 0 spiro atoms. The van der Waals surface area contributed by atoms with Gasteiger partial charge in [-0.3, -0.25) is 4.90 Å². The van der Waals surface area contributed by atoms with Crippen molar-refractivity contribution in [3.8, 4) is 0 Å². The lowest BCUT2D eigenvalue weighted by Crippen LogP contribution is -2.36. The number of aryl methyl sites for hydroxylation is 1. The van der Waals surface area contributed by atoms with E-state index in [-0.39, 0.29) is 6.10 Å². The van der Waals surface area contributed by atoms with Gasteiger partial charge in [0.1, 0.15) is 0 Å². The molecule has 1 N–H and O–H groups in total. The van der Waals surface area contributed by atoms with E-state index in [1.807, 2.05) is 13.8 Å². The Kier molecular flexibility index (Phi) is 5.34. The highest BCUT2D eigenvalue weighted by Gasteiger charge is 2.23. The summed E-state index contributed by atoms with van der Waals surface area (Å²) in [6.45, 7) is 5.68. The second-order valence-electron chi connectivity index (χ2n) is 5.52. The maximum absolute atomic E-state index is 9.65. The lowest BCUT2D eigenvalue weighted by molar-refractivity contribution is 0.106. The summed E-state index contributed by atoms with van der Waals surface area (Å²) in [7, 11) is 0. The van der Waals surface area contributed by atoms with Gasteiger partial charge >= 0.3 is 0 Å². The van der Waals surface area contributed by atoms with E-state index < -0.39 is 0 Å². The molecule has 1 aromatic rings. The second kappa shape index (κ2) is 7.01. The van der Waals surface area contributed by atoms with Crippen molar-refractivity contribution in [3.63, 3.8) is 0 Å². The fourth-order valence-corrected chi connectivity index (χ4v) is 2.79. The molecule has 0 bridgehead atoms. The molecule has 0 radical (unpaired) electrons. The molecule has 0 aromatic carbocycles. The lowest BCUT2D eigenvalue weighted by Gasteiger charge is -2.29. The van der Waals surface area contributed by atoms with Gasteiger partial charge in [-0.05, 0) is 32.7 Å². The third kappa shape index (κ3) is 4.28. The summed E-state index contributed by atoms with van der Waals surface area (Å²) in [4.78, 5) is 6.79. The molecule has 1 aliphatic heterocycles. The maximum atomic E-state index is 9.65. The zero-order valence-corrected chi connectivity index (χ0v) is 12.0. The first-order chi connectivity index (χ1) is 9.19. The number of nitrogens with zero attached hydrogens (tertiary/aromatic N) is 3. The minimum absolute atomic E-state index is 0.248.